The van der Waals surface area contributed by atoms with Gasteiger partial charge in [0.25, 0.3) is 0 Å². The monoisotopic (exact) mass is 1110 g/mol. The summed E-state index contributed by atoms with van der Waals surface area (Å²) in [5.41, 5.74) is 7.23. The number of nitrogens with zero attached hydrogens (tertiary/aromatic N) is 1. The molecule has 3 aliphatic heterocycles. The number of allylic oxidation sites excluding steroid dienone is 1. The second kappa shape index (κ2) is 18.8. The molecule has 0 unspecified atom stereocenters. The highest BCUT2D eigenvalue weighted by Crippen LogP contribution is 2.83. The summed E-state index contributed by atoms with van der Waals surface area (Å²) >= 11 is 0. The van der Waals surface area contributed by atoms with E-state index >= 15 is 9.59 Å². The van der Waals surface area contributed by atoms with Crippen LogP contribution in [0.1, 0.15) is 220 Å². The highest BCUT2D eigenvalue weighted by atomic mass is 16.6. The minimum Gasteiger partial charge on any atom is -0.396 e. The molecule has 7 aliphatic carbocycles. The maximum absolute atomic E-state index is 16.0. The molecule has 12 nitrogen and oxygen atoms in total. The van der Waals surface area contributed by atoms with Gasteiger partial charge in [-0.3, -0.25) is 9.59 Å². The first-order valence-corrected chi connectivity index (χ1v) is 32.0. The molecule has 2 bridgehead atoms. The number of fused-ring (bicyclic) bond motifs is 8. The van der Waals surface area contributed by atoms with Crippen molar-refractivity contribution in [2.45, 2.75) is 224 Å². The molecule has 6 heterocycles. The Labute approximate surface area is 480 Å². The van der Waals surface area contributed by atoms with Crippen LogP contribution in [-0.2, 0) is 37.6 Å². The van der Waals surface area contributed by atoms with E-state index in [1.165, 1.54) is 36.1 Å². The average molecular weight is 1110 g/mol. The van der Waals surface area contributed by atoms with Crippen molar-refractivity contribution in [1.29, 1.82) is 0 Å². The van der Waals surface area contributed by atoms with E-state index in [4.69, 9.17) is 9.47 Å². The van der Waals surface area contributed by atoms with Gasteiger partial charge in [0, 0.05) is 104 Å². The molecule has 7 fully saturated rings. The zero-order chi connectivity index (χ0) is 56.6. The Hall–Kier alpha value is -3.88. The maximum Gasteiger partial charge on any atom is 0.160 e. The van der Waals surface area contributed by atoms with Crippen molar-refractivity contribution >= 4 is 22.6 Å². The molecule has 438 valence electrons. The lowest BCUT2D eigenvalue weighted by molar-refractivity contribution is -0.267. The highest BCUT2D eigenvalue weighted by Gasteiger charge is 2.80. The van der Waals surface area contributed by atoms with Crippen LogP contribution in [0.4, 0.5) is 0 Å². The number of carbonyl (C=O) groups excluding carboxylic acids is 2. The van der Waals surface area contributed by atoms with Gasteiger partial charge in [0.2, 0.25) is 0 Å². The van der Waals surface area contributed by atoms with Gasteiger partial charge in [0.05, 0.1) is 40.4 Å². The van der Waals surface area contributed by atoms with Crippen molar-refractivity contribution in [3.8, 4) is 0 Å². The molecule has 15 atom stereocenters. The number of carbonyl (C=O) groups is 2. The highest BCUT2D eigenvalue weighted by molar-refractivity contribution is 6.02. The topological polar surface area (TPSA) is 185 Å². The number of aliphatic hydroxyl groups excluding tert-OH is 3. The van der Waals surface area contributed by atoms with Crippen molar-refractivity contribution < 1.29 is 39.5 Å². The largest absolute Gasteiger partial charge is 0.396 e. The second-order valence-corrected chi connectivity index (χ2v) is 30.3. The van der Waals surface area contributed by atoms with Crippen LogP contribution < -0.4 is 5.32 Å². The summed E-state index contributed by atoms with van der Waals surface area (Å²) in [7, 11) is 2.00. The zero-order valence-corrected chi connectivity index (χ0v) is 49.9. The molecule has 1 spiro atoms. The van der Waals surface area contributed by atoms with Crippen LogP contribution in [0.2, 0.25) is 0 Å². The van der Waals surface area contributed by atoms with Crippen LogP contribution in [0.3, 0.4) is 0 Å². The molecule has 1 aromatic carbocycles. The van der Waals surface area contributed by atoms with Crippen molar-refractivity contribution in [3.63, 3.8) is 0 Å². The van der Waals surface area contributed by atoms with E-state index in [-0.39, 0.29) is 47.6 Å². The Morgan fingerprint density at radius 3 is 2.41 bits per heavy atom. The quantitative estimate of drug-likeness (QED) is 0.0678. The molecule has 7 N–H and O–H groups in total. The maximum atomic E-state index is 16.0. The number of nitrogens with one attached hydrogen (secondary N) is 3. The van der Waals surface area contributed by atoms with Crippen molar-refractivity contribution in [3.05, 3.63) is 93.1 Å². The van der Waals surface area contributed by atoms with Gasteiger partial charge in [-0.1, -0.05) is 72.1 Å². The number of benzene rings is 1. The zero-order valence-electron chi connectivity index (χ0n) is 49.9. The van der Waals surface area contributed by atoms with Crippen LogP contribution in [0.5, 0.6) is 0 Å². The van der Waals surface area contributed by atoms with E-state index in [1.807, 2.05) is 20.9 Å². The number of ether oxygens (including phenoxy) is 2. The van der Waals surface area contributed by atoms with Crippen molar-refractivity contribution in [2.75, 3.05) is 33.4 Å². The van der Waals surface area contributed by atoms with Crippen LogP contribution >= 0.6 is 0 Å². The summed E-state index contributed by atoms with van der Waals surface area (Å²) in [5.74, 6) is 0.0964. The van der Waals surface area contributed by atoms with E-state index in [0.29, 0.717) is 82.3 Å². The summed E-state index contributed by atoms with van der Waals surface area (Å²) in [6, 6.07) is 9.14. The van der Waals surface area contributed by atoms with Gasteiger partial charge in [-0.05, 0) is 189 Å². The molecule has 14 rings (SSSR count). The number of aromatic amines is 2. The molecule has 5 saturated carbocycles. The fourth-order valence-corrected chi connectivity index (χ4v) is 22.0. The first-order chi connectivity index (χ1) is 38.6. The van der Waals surface area contributed by atoms with Crippen LogP contribution in [0.25, 0.3) is 11.0 Å². The van der Waals surface area contributed by atoms with Gasteiger partial charge in [-0.15, -0.1) is 0 Å². The SMILES string of the molecule is CNCC[C@]1(C)C(=O)[C@@H]2c3cc[nH]c3[C@@H]3CC[C@]2(C3)[C@@]2(C)[C@H]3[C@H](O)[C@@H]4Cn5cc([C@H](CCO)c6cc(C7CCCCC7)cc(C7(O)CCOCC7)c6)c6[nH]cc(c65)CC[C@@](C)(C[C@@H](O)[C@H]5OC5(C)C)C5=C4[C@](C)(CC5=O)[C@@]3(C)CC[C@H]21. The lowest BCUT2D eigenvalue weighted by Crippen LogP contribution is -2.74. The first kappa shape index (κ1) is 55.0. The third-order valence-electron chi connectivity index (χ3n) is 26.2. The Balaban J connectivity index is 0.968. The normalized spacial score (nSPS) is 40.1. The third kappa shape index (κ3) is 7.56. The number of epoxide rings is 1. The minimum atomic E-state index is -1.01. The number of hydrogen-bond donors (Lipinski definition) is 7. The number of aromatic nitrogens is 3. The van der Waals surface area contributed by atoms with Gasteiger partial charge in [0.1, 0.15) is 11.9 Å². The number of Topliss-reactive ketones (excluding diaryl/α,β-unsaturated/α-hetero) is 2. The molecule has 2 saturated heterocycles. The van der Waals surface area contributed by atoms with Gasteiger partial charge in [0.15, 0.2) is 5.78 Å². The lowest BCUT2D eigenvalue weighted by Gasteiger charge is -2.76. The molecule has 81 heavy (non-hydrogen) atoms. The third-order valence-corrected chi connectivity index (χ3v) is 26.2. The number of ketones is 2. The summed E-state index contributed by atoms with van der Waals surface area (Å²) in [6.07, 6.45) is 19.3. The molecular weight excluding hydrogens is 1010 g/mol. The average Bonchev–Trinajstić information content (AvgIpc) is 2.39. The first-order valence-electron chi connectivity index (χ1n) is 32.0. The molecule has 12 heteroatoms. The van der Waals surface area contributed by atoms with Gasteiger partial charge in [-0.25, -0.2) is 0 Å². The Kier molecular flexibility index (Phi) is 12.8. The van der Waals surface area contributed by atoms with Crippen LogP contribution in [0, 0.1) is 50.2 Å². The summed E-state index contributed by atoms with van der Waals surface area (Å²) < 4.78 is 14.4. The number of rotatable bonds is 12. The summed E-state index contributed by atoms with van der Waals surface area (Å²) in [5, 5.41) is 54.1. The van der Waals surface area contributed by atoms with Crippen LogP contribution in [0.15, 0.2) is 54.0 Å². The summed E-state index contributed by atoms with van der Waals surface area (Å²) in [4.78, 5) is 39.5. The van der Waals surface area contributed by atoms with Crippen molar-refractivity contribution in [1.82, 2.24) is 19.9 Å². The summed E-state index contributed by atoms with van der Waals surface area (Å²) in [6.45, 7) is 18.2. The second-order valence-electron chi connectivity index (χ2n) is 30.3. The number of aryl methyl sites for hydroxylation is 1. The Morgan fingerprint density at radius 1 is 0.914 bits per heavy atom. The Bertz CT molecular complexity index is 3210. The van der Waals surface area contributed by atoms with E-state index in [2.05, 4.69) is 97.3 Å². The van der Waals surface area contributed by atoms with Crippen LogP contribution in [-0.4, -0.2) is 104 Å². The molecular formula is C69H94N4O8. The van der Waals surface area contributed by atoms with Gasteiger partial charge < -0.3 is 49.8 Å². The standard InChI is InChI=1S/C69H94N4O8/c1-62(2)61(81-62)50(76)34-63(3)19-14-41-36-72-56-47(45(18-27-74)43-30-42(39-12-10-9-11-13-39)31-44(32-43)69(79)23-28-80-29-24-69)37-73(57(41)56)38-48-52-54(63)49(75)35-66(52,6)65(5)20-16-51-64(4,22-26-70-8)60(78)53-46-17-25-71-55(46)40-15-21-68(53,33-40)67(51,7)59(65)58(48)77/h17,25,30-32,36-37,39-40,45,48,50-51,53,58-59,61,70-72,74,76-77,79H,9-16,18-24,26-29,33-35,38H2,1-8H3/t40-,45-,48-,50-,51+,53+,58-,59+,61-,63+,64+,65+,66+,67-,68-/m1/s1. The predicted octanol–water partition coefficient (Wildman–Crippen LogP) is 11.3. The van der Waals surface area contributed by atoms with Gasteiger partial charge in [-0.2, -0.15) is 0 Å². The molecule has 3 aromatic heterocycles. The van der Waals surface area contributed by atoms with E-state index in [9.17, 15) is 20.4 Å². The molecule has 0 radical (unpaired) electrons. The Morgan fingerprint density at radius 2 is 1.68 bits per heavy atom. The number of hydrogen-bond acceptors (Lipinski definition) is 9. The smallest absolute Gasteiger partial charge is 0.160 e. The fourth-order valence-electron chi connectivity index (χ4n) is 22.0. The van der Waals surface area contributed by atoms with Crippen molar-refractivity contribution in [2.24, 2.45) is 50.2 Å². The fraction of sp³-hybridized carbons (Fsp3) is 0.710. The lowest BCUT2D eigenvalue weighted by atomic mass is 9.28. The van der Waals surface area contributed by atoms with Gasteiger partial charge >= 0.3 is 0 Å². The molecule has 10 aliphatic rings. The molecule has 4 aromatic rings. The number of aliphatic hydroxyl groups is 4. The van der Waals surface area contributed by atoms with E-state index in [1.54, 1.807) is 0 Å². The van der Waals surface area contributed by atoms with E-state index < -0.39 is 56.4 Å². The predicted molar refractivity (Wildman–Crippen MR) is 313 cm³/mol. The van der Waals surface area contributed by atoms with E-state index in [0.717, 1.165) is 102 Å². The minimum absolute atomic E-state index is 0.0180. The molecule has 0 amide bonds. The number of H-pyrrole nitrogens is 2.